The van der Waals surface area contributed by atoms with Gasteiger partial charge in [-0.3, -0.25) is 0 Å². The fourth-order valence-corrected chi connectivity index (χ4v) is 1.66. The maximum Gasteiger partial charge on any atom is 0.449 e. The van der Waals surface area contributed by atoms with E-state index in [2.05, 4.69) is 4.42 Å². The minimum atomic E-state index is -4.71. The highest BCUT2D eigenvalue weighted by molar-refractivity contribution is 5.61. The molecule has 0 bridgehead atoms. The molecule has 2 nitrogen and oxygen atoms in total. The smallest absolute Gasteiger partial charge is 0.449 e. The highest BCUT2D eigenvalue weighted by Gasteiger charge is 2.35. The number of alkyl halides is 3. The third kappa shape index (κ3) is 2.76. The summed E-state index contributed by atoms with van der Waals surface area (Å²) >= 11 is 0. The van der Waals surface area contributed by atoms with E-state index in [1.165, 1.54) is 0 Å². The Labute approximate surface area is 110 Å². The molecule has 0 spiro atoms. The summed E-state index contributed by atoms with van der Waals surface area (Å²) in [6, 6.07) is 3.25. The van der Waals surface area contributed by atoms with Crippen LogP contribution in [0.3, 0.4) is 0 Å². The molecule has 0 aliphatic rings. The normalized spacial score (nSPS) is 11.7. The van der Waals surface area contributed by atoms with Crippen molar-refractivity contribution in [3.05, 3.63) is 41.7 Å². The monoisotopic (exact) mass is 292 g/mol. The molecule has 0 fully saturated rings. The molecule has 0 atom stereocenters. The average Bonchev–Trinajstić information content (AvgIpc) is 2.77. The number of rotatable bonds is 3. The molecule has 0 aliphatic heterocycles. The van der Waals surface area contributed by atoms with Gasteiger partial charge in [0.05, 0.1) is 12.2 Å². The van der Waals surface area contributed by atoms with E-state index in [0.717, 1.165) is 18.2 Å². The van der Waals surface area contributed by atoms with Gasteiger partial charge in [0.25, 0.3) is 0 Å². The van der Waals surface area contributed by atoms with Crippen molar-refractivity contribution in [2.24, 2.45) is 0 Å². The van der Waals surface area contributed by atoms with Crippen LogP contribution in [0.25, 0.3) is 11.3 Å². The summed E-state index contributed by atoms with van der Waals surface area (Å²) in [6.07, 6.45) is -4.71. The fourth-order valence-electron chi connectivity index (χ4n) is 1.66. The molecule has 0 saturated heterocycles. The maximum atomic E-state index is 13.8. The van der Waals surface area contributed by atoms with E-state index in [1.54, 1.807) is 6.92 Å². The number of hydrogen-bond donors (Lipinski definition) is 0. The first-order chi connectivity index (χ1) is 9.32. The van der Waals surface area contributed by atoms with E-state index in [9.17, 15) is 22.0 Å². The van der Waals surface area contributed by atoms with E-state index >= 15 is 0 Å². The second-order valence-electron chi connectivity index (χ2n) is 3.86. The van der Waals surface area contributed by atoms with Crippen molar-refractivity contribution in [1.29, 1.82) is 0 Å². The van der Waals surface area contributed by atoms with Crippen LogP contribution < -0.4 is 4.74 Å². The third-order valence-electron chi connectivity index (χ3n) is 2.46. The largest absolute Gasteiger partial charge is 0.494 e. The van der Waals surface area contributed by atoms with Gasteiger partial charge in [0.15, 0.2) is 0 Å². The Bertz CT molecular complexity index is 592. The van der Waals surface area contributed by atoms with Crippen molar-refractivity contribution in [3.63, 3.8) is 0 Å². The zero-order chi connectivity index (χ0) is 14.9. The van der Waals surface area contributed by atoms with Gasteiger partial charge in [0.2, 0.25) is 5.76 Å². The van der Waals surface area contributed by atoms with Crippen molar-refractivity contribution in [2.45, 2.75) is 13.1 Å². The van der Waals surface area contributed by atoms with E-state index in [0.29, 0.717) is 6.07 Å². The predicted molar refractivity (Wildman–Crippen MR) is 60.2 cm³/mol. The van der Waals surface area contributed by atoms with Crippen LogP contribution in [0.2, 0.25) is 0 Å². The first-order valence-electron chi connectivity index (χ1n) is 5.62. The number of benzene rings is 1. The van der Waals surface area contributed by atoms with Gasteiger partial charge in [0, 0.05) is 12.1 Å². The van der Waals surface area contributed by atoms with E-state index in [-0.39, 0.29) is 12.4 Å². The third-order valence-corrected chi connectivity index (χ3v) is 2.46. The maximum absolute atomic E-state index is 13.8. The molecule has 2 aromatic rings. The number of furan rings is 1. The van der Waals surface area contributed by atoms with Gasteiger partial charge in [-0.25, -0.2) is 8.78 Å². The molecule has 1 heterocycles. The number of hydrogen-bond acceptors (Lipinski definition) is 2. The van der Waals surface area contributed by atoms with Crippen LogP contribution in [0.5, 0.6) is 5.75 Å². The highest BCUT2D eigenvalue weighted by atomic mass is 19.4. The fraction of sp³-hybridized carbons (Fsp3) is 0.231. The summed E-state index contributed by atoms with van der Waals surface area (Å²) in [4.78, 5) is 0. The van der Waals surface area contributed by atoms with Gasteiger partial charge in [-0.1, -0.05) is 0 Å². The Morgan fingerprint density at radius 3 is 2.15 bits per heavy atom. The van der Waals surface area contributed by atoms with Gasteiger partial charge in [-0.05, 0) is 19.1 Å². The van der Waals surface area contributed by atoms with E-state index < -0.39 is 34.9 Å². The van der Waals surface area contributed by atoms with Gasteiger partial charge in [-0.2, -0.15) is 13.2 Å². The van der Waals surface area contributed by atoms with Crippen molar-refractivity contribution < 1.29 is 31.1 Å². The van der Waals surface area contributed by atoms with Crippen molar-refractivity contribution in [1.82, 2.24) is 0 Å². The van der Waals surface area contributed by atoms with Crippen molar-refractivity contribution in [3.8, 4) is 17.1 Å². The van der Waals surface area contributed by atoms with Crippen LogP contribution in [0, 0.1) is 11.6 Å². The van der Waals surface area contributed by atoms with Crippen LogP contribution in [0.15, 0.2) is 28.7 Å². The van der Waals surface area contributed by atoms with Crippen LogP contribution in [-0.4, -0.2) is 6.61 Å². The first-order valence-corrected chi connectivity index (χ1v) is 5.62. The molecular weight excluding hydrogens is 283 g/mol. The molecule has 7 heteroatoms. The van der Waals surface area contributed by atoms with Crippen LogP contribution in [-0.2, 0) is 6.18 Å². The SMILES string of the molecule is CCOc1cc(F)c(-c2ccc(C(F)(F)F)o2)c(F)c1. The zero-order valence-electron chi connectivity index (χ0n) is 10.2. The first kappa shape index (κ1) is 14.4. The lowest BCUT2D eigenvalue weighted by molar-refractivity contribution is -0.152. The molecule has 0 saturated carbocycles. The standard InChI is InChI=1S/C13H9F5O2/c1-2-19-7-5-8(14)12(9(15)6-7)10-3-4-11(20-10)13(16,17)18/h3-6H,2H2,1H3. The zero-order valence-corrected chi connectivity index (χ0v) is 10.2. The Morgan fingerprint density at radius 2 is 1.70 bits per heavy atom. The minimum Gasteiger partial charge on any atom is -0.494 e. The molecule has 2 rings (SSSR count). The van der Waals surface area contributed by atoms with Gasteiger partial charge >= 0.3 is 6.18 Å². The predicted octanol–water partition coefficient (Wildman–Crippen LogP) is 4.64. The Balaban J connectivity index is 2.45. The summed E-state index contributed by atoms with van der Waals surface area (Å²) in [5, 5.41) is 0. The molecule has 1 aromatic carbocycles. The van der Waals surface area contributed by atoms with Crippen LogP contribution >= 0.6 is 0 Å². The number of ether oxygens (including phenoxy) is 1. The summed E-state index contributed by atoms with van der Waals surface area (Å²) in [6.45, 7) is 1.84. The Kier molecular flexibility index (Phi) is 3.69. The summed E-state index contributed by atoms with van der Waals surface area (Å²) in [5.41, 5.74) is -0.663. The highest BCUT2D eigenvalue weighted by Crippen LogP contribution is 2.36. The molecule has 0 N–H and O–H groups in total. The molecular formula is C13H9F5O2. The summed E-state index contributed by atoms with van der Waals surface area (Å²) in [5.74, 6) is -4.02. The lowest BCUT2D eigenvalue weighted by Crippen LogP contribution is -2.02. The summed E-state index contributed by atoms with van der Waals surface area (Å²) < 4.78 is 74.1. The second-order valence-corrected chi connectivity index (χ2v) is 3.86. The molecule has 20 heavy (non-hydrogen) atoms. The van der Waals surface area contributed by atoms with Gasteiger partial charge in [0.1, 0.15) is 23.1 Å². The molecule has 0 aliphatic carbocycles. The van der Waals surface area contributed by atoms with Gasteiger partial charge < -0.3 is 9.15 Å². The molecule has 0 amide bonds. The average molecular weight is 292 g/mol. The van der Waals surface area contributed by atoms with E-state index in [4.69, 9.17) is 4.74 Å². The molecule has 108 valence electrons. The lowest BCUT2D eigenvalue weighted by atomic mass is 10.1. The lowest BCUT2D eigenvalue weighted by Gasteiger charge is -2.07. The topological polar surface area (TPSA) is 22.4 Å². The second kappa shape index (κ2) is 5.15. The van der Waals surface area contributed by atoms with Crippen molar-refractivity contribution in [2.75, 3.05) is 6.61 Å². The quantitative estimate of drug-likeness (QED) is 0.769. The van der Waals surface area contributed by atoms with Crippen LogP contribution in [0.1, 0.15) is 12.7 Å². The molecule has 0 radical (unpaired) electrons. The Morgan fingerprint density at radius 1 is 1.10 bits per heavy atom. The van der Waals surface area contributed by atoms with Crippen molar-refractivity contribution >= 4 is 0 Å². The summed E-state index contributed by atoms with van der Waals surface area (Å²) in [7, 11) is 0. The minimum absolute atomic E-state index is 0.0474. The Hall–Kier alpha value is -2.05. The van der Waals surface area contributed by atoms with Crippen LogP contribution in [0.4, 0.5) is 22.0 Å². The molecule has 1 aromatic heterocycles. The molecule has 0 unspecified atom stereocenters. The van der Waals surface area contributed by atoms with E-state index in [1.807, 2.05) is 0 Å². The number of halogens is 5. The van der Waals surface area contributed by atoms with Gasteiger partial charge in [-0.15, -0.1) is 0 Å².